The van der Waals surface area contributed by atoms with Gasteiger partial charge in [-0.2, -0.15) is 8.42 Å². The van der Waals surface area contributed by atoms with Crippen molar-refractivity contribution in [3.8, 4) is 5.75 Å². The van der Waals surface area contributed by atoms with E-state index in [0.29, 0.717) is 17.9 Å². The largest absolute Gasteiger partial charge is 0.497 e. The third-order valence-corrected chi connectivity index (χ3v) is 7.75. The first-order valence-electron chi connectivity index (χ1n) is 10.2. The highest BCUT2D eigenvalue weighted by molar-refractivity contribution is 7.88. The maximum Gasteiger partial charge on any atom is 0.345 e. The van der Waals surface area contributed by atoms with Gasteiger partial charge in [0.05, 0.1) is 12.8 Å². The molecule has 2 heterocycles. The molecule has 8 heteroatoms. The van der Waals surface area contributed by atoms with Crippen LogP contribution in [0.25, 0.3) is 0 Å². The van der Waals surface area contributed by atoms with Gasteiger partial charge in [-0.3, -0.25) is 4.79 Å². The van der Waals surface area contributed by atoms with E-state index in [0.717, 1.165) is 23.6 Å². The molecule has 0 aromatic heterocycles. The molecule has 1 aromatic carbocycles. The molecule has 1 amide bonds. The predicted molar refractivity (Wildman–Crippen MR) is 116 cm³/mol. The summed E-state index contributed by atoms with van der Waals surface area (Å²) >= 11 is 0. The molecule has 4 rings (SSSR count). The van der Waals surface area contributed by atoms with Crippen molar-refractivity contribution in [2.75, 3.05) is 20.7 Å². The quantitative estimate of drug-likeness (QED) is 0.737. The van der Waals surface area contributed by atoms with Crippen LogP contribution in [-0.4, -0.2) is 56.0 Å². The Balaban J connectivity index is 1.71. The van der Waals surface area contributed by atoms with Gasteiger partial charge in [-0.1, -0.05) is 32.9 Å². The molecule has 0 spiro atoms. The highest BCUT2D eigenvalue weighted by Crippen LogP contribution is 2.52. The minimum absolute atomic E-state index is 0.0679. The molecule has 2 aliphatic heterocycles. The number of nitrogens with zero attached hydrogens (tertiary/aromatic N) is 3. The minimum atomic E-state index is -4.00. The predicted octanol–water partition coefficient (Wildman–Crippen LogP) is 2.99. The number of carbonyl (C=O) groups excluding carboxylic acids is 1. The Morgan fingerprint density at radius 1 is 1.23 bits per heavy atom. The maximum atomic E-state index is 13.6. The van der Waals surface area contributed by atoms with Gasteiger partial charge in [-0.05, 0) is 48.3 Å². The lowest BCUT2D eigenvalue weighted by Crippen LogP contribution is -2.43. The number of carbonyl (C=O) groups is 1. The number of benzene rings is 1. The second kappa shape index (κ2) is 6.83. The number of allylic oxidation sites excluding steroid dienone is 1. The van der Waals surface area contributed by atoms with Gasteiger partial charge in [-0.25, -0.2) is 4.31 Å². The molecule has 2 atom stereocenters. The Morgan fingerprint density at radius 3 is 2.67 bits per heavy atom. The lowest BCUT2D eigenvalue weighted by molar-refractivity contribution is -0.129. The molecular formula is C22H29N3O4S. The van der Waals surface area contributed by atoms with E-state index in [1.165, 1.54) is 7.05 Å². The molecule has 1 saturated heterocycles. The molecule has 1 aliphatic carbocycles. The smallest absolute Gasteiger partial charge is 0.345 e. The summed E-state index contributed by atoms with van der Waals surface area (Å²) < 4.78 is 35.6. The number of rotatable bonds is 3. The highest BCUT2D eigenvalue weighted by atomic mass is 32.2. The van der Waals surface area contributed by atoms with Gasteiger partial charge in [0.15, 0.2) is 0 Å². The summed E-state index contributed by atoms with van der Waals surface area (Å²) in [5.74, 6) is 0.346. The Morgan fingerprint density at radius 2 is 1.97 bits per heavy atom. The van der Waals surface area contributed by atoms with Gasteiger partial charge in [0.2, 0.25) is 0 Å². The summed E-state index contributed by atoms with van der Waals surface area (Å²) in [6, 6.07) is 7.14. The molecule has 3 aliphatic rings. The minimum Gasteiger partial charge on any atom is -0.497 e. The molecule has 30 heavy (non-hydrogen) atoms. The number of fused-ring (bicyclic) bond motifs is 2. The van der Waals surface area contributed by atoms with E-state index < -0.39 is 10.2 Å². The summed E-state index contributed by atoms with van der Waals surface area (Å²) in [5.41, 5.74) is 1.20. The van der Waals surface area contributed by atoms with E-state index in [9.17, 15) is 13.2 Å². The zero-order valence-electron chi connectivity index (χ0n) is 18.2. The van der Waals surface area contributed by atoms with Crippen LogP contribution in [0.3, 0.4) is 0 Å². The molecule has 1 aromatic rings. The van der Waals surface area contributed by atoms with Gasteiger partial charge < -0.3 is 9.64 Å². The highest BCUT2D eigenvalue weighted by Gasteiger charge is 2.52. The summed E-state index contributed by atoms with van der Waals surface area (Å²) in [7, 11) is -1.06. The molecule has 0 N–H and O–H groups in total. The Bertz CT molecular complexity index is 1060. The number of amides is 1. The number of likely N-dealkylation sites (N-methyl/N-ethyl adjacent to an activating group) is 1. The van der Waals surface area contributed by atoms with Crippen molar-refractivity contribution in [1.29, 1.82) is 0 Å². The number of likely N-dealkylation sites (tertiary alicyclic amines) is 1. The maximum absolute atomic E-state index is 13.6. The first kappa shape index (κ1) is 20.9. The number of methoxy groups -OCH3 is 1. The van der Waals surface area contributed by atoms with E-state index >= 15 is 0 Å². The van der Waals surface area contributed by atoms with E-state index in [2.05, 4.69) is 25.2 Å². The van der Waals surface area contributed by atoms with Crippen LogP contribution in [0.4, 0.5) is 0 Å². The van der Waals surface area contributed by atoms with Crippen molar-refractivity contribution < 1.29 is 17.9 Å². The van der Waals surface area contributed by atoms with Crippen molar-refractivity contribution in [3.05, 3.63) is 41.6 Å². The van der Waals surface area contributed by atoms with Crippen LogP contribution >= 0.6 is 0 Å². The number of ether oxygens (including phenoxy) is 1. The summed E-state index contributed by atoms with van der Waals surface area (Å²) in [4.78, 5) is 15.4. The van der Waals surface area contributed by atoms with Crippen LogP contribution in [0.15, 0.2) is 40.4 Å². The first-order valence-corrected chi connectivity index (χ1v) is 11.6. The van der Waals surface area contributed by atoms with Crippen molar-refractivity contribution in [2.45, 2.75) is 46.1 Å². The lowest BCUT2D eigenvalue weighted by Gasteiger charge is -2.39. The van der Waals surface area contributed by atoms with Crippen molar-refractivity contribution in [2.24, 2.45) is 15.2 Å². The van der Waals surface area contributed by atoms with Gasteiger partial charge in [0.25, 0.3) is 5.91 Å². The molecule has 162 valence electrons. The fraction of sp³-hybridized carbons (Fsp3) is 0.545. The van der Waals surface area contributed by atoms with E-state index in [1.807, 2.05) is 4.90 Å². The fourth-order valence-electron chi connectivity index (χ4n) is 5.52. The van der Waals surface area contributed by atoms with Crippen LogP contribution < -0.4 is 4.74 Å². The van der Waals surface area contributed by atoms with Crippen LogP contribution in [0.2, 0.25) is 0 Å². The monoisotopic (exact) mass is 431 g/mol. The second-order valence-electron chi connectivity index (χ2n) is 9.83. The van der Waals surface area contributed by atoms with Gasteiger partial charge >= 0.3 is 10.2 Å². The standard InChI is InChI=1S/C22H29N3O4S/c1-21(2)11-16-12-22(3,13-21)14-25(16)20(26)19-10-18(23-30(27,28)24(19)4)15-7-6-8-17(9-15)29-5/h6-10,16H,11-14H2,1-5H3/t16-,22-/m0/s1. The van der Waals surface area contributed by atoms with Crippen molar-refractivity contribution in [3.63, 3.8) is 0 Å². The number of hydrogen-bond acceptors (Lipinski definition) is 4. The van der Waals surface area contributed by atoms with Crippen LogP contribution in [0, 0.1) is 10.8 Å². The second-order valence-corrected chi connectivity index (χ2v) is 11.5. The average molecular weight is 432 g/mol. The molecular weight excluding hydrogens is 402 g/mol. The van der Waals surface area contributed by atoms with Crippen molar-refractivity contribution in [1.82, 2.24) is 9.21 Å². The Hall–Kier alpha value is -2.35. The van der Waals surface area contributed by atoms with Gasteiger partial charge in [0.1, 0.15) is 11.4 Å². The fourth-order valence-corrected chi connectivity index (χ4v) is 6.42. The molecule has 0 unspecified atom stereocenters. The summed E-state index contributed by atoms with van der Waals surface area (Å²) in [6.07, 6.45) is 4.52. The van der Waals surface area contributed by atoms with E-state index in [4.69, 9.17) is 4.74 Å². The topological polar surface area (TPSA) is 79.3 Å². The third kappa shape index (κ3) is 3.62. The van der Waals surface area contributed by atoms with Crippen molar-refractivity contribution >= 4 is 21.8 Å². The molecule has 2 fully saturated rings. The van der Waals surface area contributed by atoms with Crippen LogP contribution in [0.5, 0.6) is 5.75 Å². The Kier molecular flexibility index (Phi) is 4.76. The Labute approximate surface area is 178 Å². The zero-order chi connectivity index (χ0) is 21.9. The van der Waals surface area contributed by atoms with Crippen LogP contribution in [0.1, 0.15) is 45.6 Å². The number of hydrogen-bond donors (Lipinski definition) is 0. The first-order chi connectivity index (χ1) is 13.9. The summed E-state index contributed by atoms with van der Waals surface area (Å²) in [5, 5.41) is 0. The molecule has 7 nitrogen and oxygen atoms in total. The van der Waals surface area contributed by atoms with Crippen LogP contribution in [-0.2, 0) is 15.0 Å². The third-order valence-electron chi connectivity index (χ3n) is 6.43. The van der Waals surface area contributed by atoms with Gasteiger partial charge in [0, 0.05) is 25.2 Å². The average Bonchev–Trinajstić information content (AvgIpc) is 2.92. The van der Waals surface area contributed by atoms with E-state index in [-0.39, 0.29) is 34.2 Å². The zero-order valence-corrected chi connectivity index (χ0v) is 19.0. The molecule has 2 bridgehead atoms. The van der Waals surface area contributed by atoms with E-state index in [1.54, 1.807) is 37.5 Å². The lowest BCUT2D eigenvalue weighted by atomic mass is 9.65. The molecule has 1 saturated carbocycles. The normalized spacial score (nSPS) is 29.3. The SMILES string of the molecule is COc1cccc(C2=NS(=O)(=O)N(C)C(C(=O)N3C[C@@]4(C)C[C@@H]3CC(C)(C)C4)=C2)c1. The molecule has 0 radical (unpaired) electrons. The van der Waals surface area contributed by atoms with Gasteiger partial charge in [-0.15, -0.1) is 4.40 Å². The summed E-state index contributed by atoms with van der Waals surface area (Å²) in [6.45, 7) is 7.37.